The molecule has 0 saturated heterocycles. The number of halogens is 1. The van der Waals surface area contributed by atoms with Crippen molar-refractivity contribution in [2.24, 2.45) is 5.92 Å². The topological polar surface area (TPSA) is 81.7 Å². The maximum absolute atomic E-state index is 12.7. The molecule has 1 unspecified atom stereocenters. The van der Waals surface area contributed by atoms with Crippen LogP contribution < -0.4 is 10.1 Å². The zero-order valence-corrected chi connectivity index (χ0v) is 23.1. The number of ketones is 1. The van der Waals surface area contributed by atoms with E-state index in [9.17, 15) is 14.4 Å². The smallest absolute Gasteiger partial charge is 0.338 e. The van der Waals surface area contributed by atoms with Gasteiger partial charge in [-0.2, -0.15) is 0 Å². The van der Waals surface area contributed by atoms with Crippen LogP contribution in [0, 0.1) is 5.92 Å². The molecule has 37 heavy (non-hydrogen) atoms. The summed E-state index contributed by atoms with van der Waals surface area (Å²) < 4.78 is 10.5. The van der Waals surface area contributed by atoms with Crippen molar-refractivity contribution in [2.75, 3.05) is 19.0 Å². The Labute approximate surface area is 226 Å². The van der Waals surface area contributed by atoms with E-state index in [1.165, 1.54) is 64.0 Å². The summed E-state index contributed by atoms with van der Waals surface area (Å²) in [6, 6.07) is 11.1. The van der Waals surface area contributed by atoms with Gasteiger partial charge in [0, 0.05) is 5.56 Å². The second-order valence-corrected chi connectivity index (χ2v) is 9.72. The highest BCUT2D eigenvalue weighted by Gasteiger charge is 2.24. The van der Waals surface area contributed by atoms with Crippen molar-refractivity contribution in [2.45, 2.75) is 78.1 Å². The number of benzene rings is 2. The van der Waals surface area contributed by atoms with E-state index in [0.717, 1.165) is 19.3 Å². The molecule has 0 aliphatic carbocycles. The fourth-order valence-electron chi connectivity index (χ4n) is 3.95. The number of methoxy groups -OCH3 is 1. The third-order valence-electron chi connectivity index (χ3n) is 6.35. The molecule has 2 aromatic rings. The van der Waals surface area contributed by atoms with Crippen LogP contribution in [0.3, 0.4) is 0 Å². The summed E-state index contributed by atoms with van der Waals surface area (Å²) in [5, 5.41) is 2.93. The second kappa shape index (κ2) is 16.8. The van der Waals surface area contributed by atoms with Gasteiger partial charge in [-0.3, -0.25) is 9.59 Å². The van der Waals surface area contributed by atoms with Crippen LogP contribution in [0.2, 0.25) is 5.02 Å². The van der Waals surface area contributed by atoms with E-state index < -0.39 is 17.8 Å². The molecule has 0 radical (unpaired) electrons. The zero-order valence-electron chi connectivity index (χ0n) is 22.3. The Bertz CT molecular complexity index is 1010. The Morgan fingerprint density at radius 1 is 0.838 bits per heavy atom. The number of nitrogens with one attached hydrogen (secondary N) is 1. The van der Waals surface area contributed by atoms with Crippen molar-refractivity contribution in [1.82, 2.24) is 0 Å². The second-order valence-electron chi connectivity index (χ2n) is 9.32. The number of esters is 1. The van der Waals surface area contributed by atoms with Crippen molar-refractivity contribution in [3.05, 3.63) is 58.6 Å². The van der Waals surface area contributed by atoms with Gasteiger partial charge >= 0.3 is 5.97 Å². The fourth-order valence-corrected chi connectivity index (χ4v) is 4.12. The fraction of sp³-hybridized carbons (Fsp3) is 0.500. The van der Waals surface area contributed by atoms with Gasteiger partial charge in [-0.05, 0) is 55.8 Å². The average Bonchev–Trinajstić information content (AvgIpc) is 2.91. The van der Waals surface area contributed by atoms with Crippen LogP contribution in [0.25, 0.3) is 0 Å². The lowest BCUT2D eigenvalue weighted by molar-refractivity contribution is -0.118. The van der Waals surface area contributed by atoms with Crippen molar-refractivity contribution >= 4 is 34.9 Å². The van der Waals surface area contributed by atoms with Crippen molar-refractivity contribution < 1.29 is 23.9 Å². The molecule has 0 bridgehead atoms. The van der Waals surface area contributed by atoms with Crippen LogP contribution in [0.1, 0.15) is 98.8 Å². The maximum Gasteiger partial charge on any atom is 0.338 e. The molecule has 2 rings (SSSR count). The monoisotopic (exact) mass is 529 g/mol. The minimum atomic E-state index is -0.948. The number of carbonyl (C=O) groups is 3. The number of ether oxygens (including phenoxy) is 2. The van der Waals surface area contributed by atoms with E-state index in [1.54, 1.807) is 37.4 Å². The summed E-state index contributed by atoms with van der Waals surface area (Å²) >= 11 is 6.24. The average molecular weight is 530 g/mol. The highest BCUT2D eigenvalue weighted by Crippen LogP contribution is 2.25. The lowest BCUT2D eigenvalue weighted by Crippen LogP contribution is -2.27. The minimum absolute atomic E-state index is 0.259. The number of hydrogen-bond donors (Lipinski definition) is 1. The van der Waals surface area contributed by atoms with Gasteiger partial charge < -0.3 is 14.8 Å². The van der Waals surface area contributed by atoms with Crippen molar-refractivity contribution in [3.63, 3.8) is 0 Å². The van der Waals surface area contributed by atoms with Gasteiger partial charge in [-0.25, -0.2) is 4.79 Å². The van der Waals surface area contributed by atoms with Crippen LogP contribution in [-0.4, -0.2) is 31.4 Å². The number of carbonyl (C=O) groups excluding carboxylic acids is 3. The molecule has 6 nitrogen and oxygen atoms in total. The summed E-state index contributed by atoms with van der Waals surface area (Å²) in [7, 11) is 1.54. The summed E-state index contributed by atoms with van der Waals surface area (Å²) in [6.45, 7) is 4.11. The molecule has 0 aliphatic rings. The van der Waals surface area contributed by atoms with Gasteiger partial charge in [-0.1, -0.05) is 76.3 Å². The number of anilines is 1. The molecule has 1 atom stereocenters. The summed E-state index contributed by atoms with van der Waals surface area (Å²) in [5.41, 5.74) is 0.953. The summed E-state index contributed by atoms with van der Waals surface area (Å²) in [5.74, 6) is -1.64. The molecule has 1 N–H and O–H groups in total. The quantitative estimate of drug-likeness (QED) is 0.0974. The first-order valence-corrected chi connectivity index (χ1v) is 13.7. The number of Topliss-reactive ketones (excluding diaryl/α,β-unsaturated/α-hetero) is 1. The first-order chi connectivity index (χ1) is 17.9. The summed E-state index contributed by atoms with van der Waals surface area (Å²) in [4.78, 5) is 37.9. The molecule has 2 aromatic carbocycles. The van der Waals surface area contributed by atoms with Crippen molar-refractivity contribution in [3.8, 4) is 5.75 Å². The normalized spacial score (nSPS) is 11.6. The lowest BCUT2D eigenvalue weighted by atomic mass is 9.98. The van der Waals surface area contributed by atoms with Crippen LogP contribution in [0.15, 0.2) is 42.5 Å². The Morgan fingerprint density at radius 3 is 2.00 bits per heavy atom. The van der Waals surface area contributed by atoms with Gasteiger partial charge in [-0.15, -0.1) is 0 Å². The molecule has 0 aromatic heterocycles. The highest BCUT2D eigenvalue weighted by atomic mass is 35.5. The molecule has 0 fully saturated rings. The summed E-state index contributed by atoms with van der Waals surface area (Å²) in [6.07, 6.45) is 12.1. The van der Waals surface area contributed by atoms with E-state index >= 15 is 0 Å². The predicted molar refractivity (Wildman–Crippen MR) is 149 cm³/mol. The standard InChI is InChI=1S/C30H40ClNO5/c1-4-5-6-7-8-9-10-11-12-13-20-37-30(35)24-16-19-26(31)27(21-24)32-29(34)22(2)28(33)23-14-17-25(36-3)18-15-23/h14-19,21-22H,4-13,20H2,1-3H3,(H,32,34). The van der Waals surface area contributed by atoms with Crippen LogP contribution >= 0.6 is 11.6 Å². The molecule has 7 heteroatoms. The van der Waals surface area contributed by atoms with E-state index in [0.29, 0.717) is 23.5 Å². The van der Waals surface area contributed by atoms with Crippen LogP contribution in [0.4, 0.5) is 5.69 Å². The number of hydrogen-bond acceptors (Lipinski definition) is 5. The molecule has 0 aliphatic heterocycles. The molecule has 202 valence electrons. The molecule has 0 heterocycles. The predicted octanol–water partition coefficient (Wildman–Crippen LogP) is 7.88. The van der Waals surface area contributed by atoms with Crippen molar-refractivity contribution in [1.29, 1.82) is 0 Å². The third kappa shape index (κ3) is 10.6. The van der Waals surface area contributed by atoms with Crippen LogP contribution in [-0.2, 0) is 9.53 Å². The number of rotatable bonds is 17. The van der Waals surface area contributed by atoms with E-state index in [2.05, 4.69) is 12.2 Å². The zero-order chi connectivity index (χ0) is 27.0. The third-order valence-corrected chi connectivity index (χ3v) is 6.68. The molecule has 0 saturated carbocycles. The number of unbranched alkanes of at least 4 members (excludes halogenated alkanes) is 9. The lowest BCUT2D eigenvalue weighted by Gasteiger charge is -2.14. The molecule has 1 amide bonds. The minimum Gasteiger partial charge on any atom is -0.497 e. The Hall–Kier alpha value is -2.86. The Balaban J connectivity index is 1.78. The van der Waals surface area contributed by atoms with E-state index in [-0.39, 0.29) is 16.5 Å². The van der Waals surface area contributed by atoms with Gasteiger partial charge in [0.15, 0.2) is 5.78 Å². The molecule has 0 spiro atoms. The maximum atomic E-state index is 12.7. The Morgan fingerprint density at radius 2 is 1.41 bits per heavy atom. The van der Waals surface area contributed by atoms with Gasteiger partial charge in [0.25, 0.3) is 0 Å². The largest absolute Gasteiger partial charge is 0.497 e. The van der Waals surface area contributed by atoms with Gasteiger partial charge in [0.1, 0.15) is 5.75 Å². The highest BCUT2D eigenvalue weighted by molar-refractivity contribution is 6.34. The molecular weight excluding hydrogens is 490 g/mol. The van der Waals surface area contributed by atoms with Gasteiger partial charge in [0.05, 0.1) is 35.9 Å². The SMILES string of the molecule is CCCCCCCCCCCCOC(=O)c1ccc(Cl)c(NC(=O)C(C)C(=O)c2ccc(OC)cc2)c1. The number of amides is 1. The van der Waals surface area contributed by atoms with Gasteiger partial charge in [0.2, 0.25) is 5.91 Å². The van der Waals surface area contributed by atoms with E-state index in [1.807, 2.05) is 0 Å². The Kier molecular flexibility index (Phi) is 13.8. The molecular formula is C30H40ClNO5. The first-order valence-electron chi connectivity index (χ1n) is 13.3. The first kappa shape index (κ1) is 30.4. The van der Waals surface area contributed by atoms with E-state index in [4.69, 9.17) is 21.1 Å². The van der Waals surface area contributed by atoms with Crippen LogP contribution in [0.5, 0.6) is 5.75 Å².